The van der Waals surface area contributed by atoms with E-state index in [1.165, 1.54) is 0 Å². The molecular formula is C16H26N2O2. The predicted molar refractivity (Wildman–Crippen MR) is 82.3 cm³/mol. The molecular weight excluding hydrogens is 252 g/mol. The van der Waals surface area contributed by atoms with Crippen LogP contribution in [0, 0.1) is 10.8 Å². The van der Waals surface area contributed by atoms with Gasteiger partial charge in [0, 0.05) is 12.0 Å². The van der Waals surface area contributed by atoms with Gasteiger partial charge in [0.1, 0.15) is 5.75 Å². The van der Waals surface area contributed by atoms with Gasteiger partial charge in [-0.2, -0.15) is 0 Å². The maximum atomic E-state index is 8.84. The minimum absolute atomic E-state index is 0.173. The first-order chi connectivity index (χ1) is 9.45. The van der Waals surface area contributed by atoms with Crippen LogP contribution >= 0.6 is 0 Å². The average Bonchev–Trinajstić information content (AvgIpc) is 2.40. The van der Waals surface area contributed by atoms with Crippen LogP contribution in [0.5, 0.6) is 5.75 Å². The Morgan fingerprint density at radius 2 is 1.90 bits per heavy atom. The van der Waals surface area contributed by atoms with Crippen LogP contribution in [0.3, 0.4) is 0 Å². The summed E-state index contributed by atoms with van der Waals surface area (Å²) in [5.41, 5.74) is 6.45. The molecule has 0 heterocycles. The van der Waals surface area contributed by atoms with E-state index in [9.17, 15) is 0 Å². The van der Waals surface area contributed by atoms with E-state index in [0.717, 1.165) is 30.6 Å². The van der Waals surface area contributed by atoms with E-state index in [-0.39, 0.29) is 17.9 Å². The molecule has 1 aromatic rings. The molecule has 0 aliphatic carbocycles. The third kappa shape index (κ3) is 5.61. The first kappa shape index (κ1) is 16.5. The summed E-state index contributed by atoms with van der Waals surface area (Å²) in [6.07, 6.45) is 3.53. The lowest BCUT2D eigenvalue weighted by molar-refractivity contribution is 0.294. The molecule has 20 heavy (non-hydrogen) atoms. The highest BCUT2D eigenvalue weighted by Gasteiger charge is 2.20. The summed E-state index contributed by atoms with van der Waals surface area (Å²) in [6, 6.07) is 7.82. The van der Waals surface area contributed by atoms with Gasteiger partial charge < -0.3 is 15.6 Å². The summed E-state index contributed by atoms with van der Waals surface area (Å²) < 4.78 is 5.67. The van der Waals surface area contributed by atoms with Gasteiger partial charge in [-0.15, -0.1) is 0 Å². The molecule has 1 rings (SSSR count). The molecule has 0 atom stereocenters. The van der Waals surface area contributed by atoms with E-state index in [2.05, 4.69) is 0 Å². The van der Waals surface area contributed by atoms with Gasteiger partial charge in [0.2, 0.25) is 0 Å². The zero-order chi connectivity index (χ0) is 15.0. The minimum atomic E-state index is -0.216. The Balaban J connectivity index is 2.23. The Hall–Kier alpha value is -1.55. The summed E-state index contributed by atoms with van der Waals surface area (Å²) in [5, 5.41) is 16.3. The molecule has 0 unspecified atom stereocenters. The summed E-state index contributed by atoms with van der Waals surface area (Å²) in [4.78, 5) is 0. The van der Waals surface area contributed by atoms with Crippen LogP contribution in [0.1, 0.15) is 38.7 Å². The highest BCUT2D eigenvalue weighted by atomic mass is 16.5. The molecule has 0 aliphatic rings. The number of benzene rings is 1. The number of hydrogen-bond acceptors (Lipinski definition) is 3. The maximum Gasteiger partial charge on any atom is 0.119 e. The van der Waals surface area contributed by atoms with Gasteiger partial charge in [-0.3, -0.25) is 5.41 Å². The molecule has 4 N–H and O–H groups in total. The number of hydrogen-bond donors (Lipinski definition) is 3. The van der Waals surface area contributed by atoms with Gasteiger partial charge in [0.25, 0.3) is 0 Å². The van der Waals surface area contributed by atoms with Crippen LogP contribution < -0.4 is 10.5 Å². The third-order valence-corrected chi connectivity index (χ3v) is 3.52. The molecule has 0 saturated carbocycles. The molecule has 0 fully saturated rings. The monoisotopic (exact) mass is 278 g/mol. The topological polar surface area (TPSA) is 79.3 Å². The van der Waals surface area contributed by atoms with E-state index in [1.807, 2.05) is 38.1 Å². The lowest BCUT2D eigenvalue weighted by Gasteiger charge is -2.22. The standard InChI is InChI=1S/C16H26N2O2/c1-16(2,15(17)18)10-3-4-12-20-14-7-5-13(6-8-14)9-11-19/h5-8,19H,3-4,9-12H2,1-2H3,(H3,17,18). The van der Waals surface area contributed by atoms with Crippen molar-refractivity contribution in [2.75, 3.05) is 13.2 Å². The van der Waals surface area contributed by atoms with Gasteiger partial charge in [-0.25, -0.2) is 0 Å². The second-order valence-corrected chi connectivity index (χ2v) is 5.72. The molecule has 0 aliphatic heterocycles. The van der Waals surface area contributed by atoms with Crippen LogP contribution in [0.4, 0.5) is 0 Å². The highest BCUT2D eigenvalue weighted by Crippen LogP contribution is 2.22. The molecule has 0 spiro atoms. The van der Waals surface area contributed by atoms with E-state index in [0.29, 0.717) is 13.0 Å². The number of nitrogens with one attached hydrogen (secondary N) is 1. The summed E-state index contributed by atoms with van der Waals surface area (Å²) in [7, 11) is 0. The zero-order valence-electron chi connectivity index (χ0n) is 12.5. The van der Waals surface area contributed by atoms with E-state index in [4.69, 9.17) is 21.0 Å². The molecule has 1 aromatic carbocycles. The van der Waals surface area contributed by atoms with Crippen LogP contribution in [0.25, 0.3) is 0 Å². The van der Waals surface area contributed by atoms with E-state index < -0.39 is 0 Å². The van der Waals surface area contributed by atoms with E-state index >= 15 is 0 Å². The Morgan fingerprint density at radius 1 is 1.25 bits per heavy atom. The quantitative estimate of drug-likeness (QED) is 0.369. The Kier molecular flexibility index (Phi) is 6.52. The predicted octanol–water partition coefficient (Wildman–Crippen LogP) is 2.73. The third-order valence-electron chi connectivity index (χ3n) is 3.52. The largest absolute Gasteiger partial charge is 0.494 e. The van der Waals surface area contributed by atoms with Crippen LogP contribution in [-0.4, -0.2) is 24.2 Å². The molecule has 0 aromatic heterocycles. The molecule has 4 heteroatoms. The molecule has 0 bridgehead atoms. The number of aliphatic hydroxyl groups is 1. The summed E-state index contributed by atoms with van der Waals surface area (Å²) in [6.45, 7) is 4.84. The number of nitrogens with two attached hydrogens (primary N) is 1. The van der Waals surface area contributed by atoms with Gasteiger partial charge in [0.15, 0.2) is 0 Å². The second-order valence-electron chi connectivity index (χ2n) is 5.72. The fourth-order valence-corrected chi connectivity index (χ4v) is 1.88. The first-order valence-corrected chi connectivity index (χ1v) is 7.13. The smallest absolute Gasteiger partial charge is 0.119 e. The lowest BCUT2D eigenvalue weighted by atomic mass is 9.86. The number of unbranched alkanes of at least 4 members (excludes halogenated alkanes) is 1. The number of rotatable bonds is 9. The number of aliphatic hydroxyl groups excluding tert-OH is 1. The maximum absolute atomic E-state index is 8.84. The summed E-state index contributed by atoms with van der Waals surface area (Å²) in [5.74, 6) is 1.11. The van der Waals surface area contributed by atoms with E-state index in [1.54, 1.807) is 0 Å². The second kappa shape index (κ2) is 7.90. The number of amidine groups is 1. The van der Waals surface area contributed by atoms with Gasteiger partial charge in [-0.05, 0) is 43.4 Å². The van der Waals surface area contributed by atoms with Gasteiger partial charge >= 0.3 is 0 Å². The molecule has 112 valence electrons. The Labute approximate surface area is 121 Å². The summed E-state index contributed by atoms with van der Waals surface area (Å²) >= 11 is 0. The van der Waals surface area contributed by atoms with Crippen molar-refractivity contribution >= 4 is 5.84 Å². The van der Waals surface area contributed by atoms with Gasteiger partial charge in [0.05, 0.1) is 12.4 Å². The fraction of sp³-hybridized carbons (Fsp3) is 0.562. The fourth-order valence-electron chi connectivity index (χ4n) is 1.88. The van der Waals surface area contributed by atoms with Crippen LogP contribution in [0.2, 0.25) is 0 Å². The van der Waals surface area contributed by atoms with Crippen molar-refractivity contribution in [2.24, 2.45) is 11.1 Å². The molecule has 0 radical (unpaired) electrons. The first-order valence-electron chi connectivity index (χ1n) is 7.13. The SMILES string of the molecule is CC(C)(CCCCOc1ccc(CCO)cc1)C(=N)N. The average molecular weight is 278 g/mol. The molecule has 0 amide bonds. The van der Waals surface area contributed by atoms with Crippen molar-refractivity contribution in [3.8, 4) is 5.75 Å². The Bertz CT molecular complexity index is 413. The number of ether oxygens (including phenoxy) is 1. The van der Waals surface area contributed by atoms with Crippen molar-refractivity contribution in [1.29, 1.82) is 5.41 Å². The Morgan fingerprint density at radius 3 is 2.45 bits per heavy atom. The normalized spacial score (nSPS) is 11.3. The van der Waals surface area contributed by atoms with Crippen LogP contribution in [-0.2, 0) is 6.42 Å². The molecule has 4 nitrogen and oxygen atoms in total. The van der Waals surface area contributed by atoms with Crippen LogP contribution in [0.15, 0.2) is 24.3 Å². The van der Waals surface area contributed by atoms with Crippen molar-refractivity contribution in [1.82, 2.24) is 0 Å². The van der Waals surface area contributed by atoms with Crippen molar-refractivity contribution in [3.05, 3.63) is 29.8 Å². The molecule has 0 saturated heterocycles. The highest BCUT2D eigenvalue weighted by molar-refractivity contribution is 5.82. The van der Waals surface area contributed by atoms with Gasteiger partial charge in [-0.1, -0.05) is 26.0 Å². The van der Waals surface area contributed by atoms with Crippen molar-refractivity contribution in [3.63, 3.8) is 0 Å². The van der Waals surface area contributed by atoms with Crippen molar-refractivity contribution in [2.45, 2.75) is 39.5 Å². The minimum Gasteiger partial charge on any atom is -0.494 e. The lowest BCUT2D eigenvalue weighted by Crippen LogP contribution is -2.30. The van der Waals surface area contributed by atoms with Crippen molar-refractivity contribution < 1.29 is 9.84 Å². The zero-order valence-corrected chi connectivity index (χ0v) is 12.5.